The number of hydrogen-bond acceptors (Lipinski definition) is 5. The average molecular weight is 330 g/mol. The maximum Gasteiger partial charge on any atom is 0.261 e. The molecule has 2 aromatic heterocycles. The first-order valence-electron chi connectivity index (χ1n) is 7.85. The van der Waals surface area contributed by atoms with Crippen LogP contribution < -0.4 is 10.2 Å². The molecule has 0 atom stereocenters. The summed E-state index contributed by atoms with van der Waals surface area (Å²) in [7, 11) is 2.14. The molecule has 0 bridgehead atoms. The molecule has 1 aliphatic heterocycles. The third-order valence-corrected chi connectivity index (χ3v) is 5.05. The largest absolute Gasteiger partial charge is 0.354 e. The predicted octanol–water partition coefficient (Wildman–Crippen LogP) is 2.13. The number of rotatable bonds is 4. The van der Waals surface area contributed by atoms with E-state index in [0.29, 0.717) is 6.54 Å². The third-order valence-electron chi connectivity index (χ3n) is 4.05. The fourth-order valence-electron chi connectivity index (χ4n) is 2.57. The molecule has 1 amide bonds. The quantitative estimate of drug-likeness (QED) is 0.933. The Labute approximate surface area is 140 Å². The summed E-state index contributed by atoms with van der Waals surface area (Å²) in [5.74, 6) is 0.994. The average Bonchev–Trinajstić information content (AvgIpc) is 3.00. The molecule has 3 rings (SSSR count). The molecule has 5 nitrogen and oxygen atoms in total. The van der Waals surface area contributed by atoms with Crippen molar-refractivity contribution < 1.29 is 4.79 Å². The molecule has 3 heterocycles. The number of aryl methyl sites for hydroxylation is 1. The van der Waals surface area contributed by atoms with E-state index in [0.717, 1.165) is 47.3 Å². The van der Waals surface area contributed by atoms with Crippen LogP contribution in [0.25, 0.3) is 0 Å². The number of nitrogens with zero attached hydrogens (tertiary/aromatic N) is 3. The zero-order valence-corrected chi connectivity index (χ0v) is 14.4. The first-order valence-corrected chi connectivity index (χ1v) is 8.66. The summed E-state index contributed by atoms with van der Waals surface area (Å²) in [5, 5.41) is 2.94. The molecule has 23 heavy (non-hydrogen) atoms. The summed E-state index contributed by atoms with van der Waals surface area (Å²) in [6, 6.07) is 7.92. The van der Waals surface area contributed by atoms with Crippen molar-refractivity contribution in [2.24, 2.45) is 0 Å². The molecule has 1 saturated heterocycles. The minimum absolute atomic E-state index is 0.0220. The van der Waals surface area contributed by atoms with Crippen molar-refractivity contribution in [1.29, 1.82) is 0 Å². The minimum Gasteiger partial charge on any atom is -0.354 e. The van der Waals surface area contributed by atoms with Gasteiger partial charge in [0.15, 0.2) is 0 Å². The second-order valence-corrected chi connectivity index (χ2v) is 7.20. The van der Waals surface area contributed by atoms with Gasteiger partial charge in [0.25, 0.3) is 5.91 Å². The molecule has 1 N–H and O–H groups in total. The van der Waals surface area contributed by atoms with Crippen molar-refractivity contribution in [3.8, 4) is 0 Å². The summed E-state index contributed by atoms with van der Waals surface area (Å²) >= 11 is 1.51. The molecule has 1 fully saturated rings. The molecular weight excluding hydrogens is 308 g/mol. The van der Waals surface area contributed by atoms with E-state index in [9.17, 15) is 4.79 Å². The number of carbonyl (C=O) groups is 1. The molecule has 2 aromatic rings. The predicted molar refractivity (Wildman–Crippen MR) is 94.2 cm³/mol. The van der Waals surface area contributed by atoms with Gasteiger partial charge in [0.2, 0.25) is 0 Å². The lowest BCUT2D eigenvalue weighted by Crippen LogP contribution is -2.44. The van der Waals surface area contributed by atoms with Crippen LogP contribution in [0.5, 0.6) is 0 Å². The molecule has 0 spiro atoms. The van der Waals surface area contributed by atoms with Crippen molar-refractivity contribution in [3.05, 3.63) is 45.8 Å². The van der Waals surface area contributed by atoms with Crippen molar-refractivity contribution in [2.75, 3.05) is 38.1 Å². The summed E-state index contributed by atoms with van der Waals surface area (Å²) < 4.78 is 0. The normalized spacial score (nSPS) is 15.7. The standard InChI is InChI=1S/C17H22N4OS/c1-13-3-5-15(23-13)17(22)19-12-14-4-6-16(18-11-14)21-9-7-20(2)8-10-21/h3-6,11H,7-10,12H2,1-2H3,(H,19,22). The molecule has 122 valence electrons. The van der Waals surface area contributed by atoms with Crippen LogP contribution in [0.3, 0.4) is 0 Å². The summed E-state index contributed by atoms with van der Waals surface area (Å²) in [4.78, 5) is 23.1. The number of likely N-dealkylation sites (N-methyl/N-ethyl adjacent to an activating group) is 1. The molecule has 1 aliphatic rings. The van der Waals surface area contributed by atoms with Crippen molar-refractivity contribution in [3.63, 3.8) is 0 Å². The van der Waals surface area contributed by atoms with Gasteiger partial charge in [0.05, 0.1) is 4.88 Å². The van der Waals surface area contributed by atoms with Gasteiger partial charge in [0, 0.05) is 43.8 Å². The fraction of sp³-hybridized carbons (Fsp3) is 0.412. The van der Waals surface area contributed by atoms with Gasteiger partial charge in [-0.1, -0.05) is 6.07 Å². The number of thiophene rings is 1. The van der Waals surface area contributed by atoms with Crippen LogP contribution in [0, 0.1) is 6.92 Å². The van der Waals surface area contributed by atoms with Crippen LogP contribution in [0.15, 0.2) is 30.5 Å². The zero-order valence-electron chi connectivity index (χ0n) is 13.6. The van der Waals surface area contributed by atoms with E-state index in [2.05, 4.69) is 27.1 Å². The fourth-order valence-corrected chi connectivity index (χ4v) is 3.35. The maximum absolute atomic E-state index is 12.0. The Morgan fingerprint density at radius 2 is 2.00 bits per heavy atom. The highest BCUT2D eigenvalue weighted by Crippen LogP contribution is 2.16. The van der Waals surface area contributed by atoms with Gasteiger partial charge < -0.3 is 15.1 Å². The van der Waals surface area contributed by atoms with Gasteiger partial charge in [-0.2, -0.15) is 0 Å². The summed E-state index contributed by atoms with van der Waals surface area (Å²) in [6.07, 6.45) is 1.85. The third kappa shape index (κ3) is 4.09. The number of pyridine rings is 1. The lowest BCUT2D eigenvalue weighted by atomic mass is 10.2. The highest BCUT2D eigenvalue weighted by molar-refractivity contribution is 7.13. The van der Waals surface area contributed by atoms with Crippen LogP contribution in [-0.2, 0) is 6.54 Å². The monoisotopic (exact) mass is 330 g/mol. The highest BCUT2D eigenvalue weighted by atomic mass is 32.1. The maximum atomic E-state index is 12.0. The lowest BCUT2D eigenvalue weighted by Gasteiger charge is -2.33. The van der Waals surface area contributed by atoms with E-state index in [1.54, 1.807) is 0 Å². The Balaban J connectivity index is 1.54. The smallest absolute Gasteiger partial charge is 0.261 e. The molecule has 0 radical (unpaired) electrons. The van der Waals surface area contributed by atoms with E-state index >= 15 is 0 Å². The van der Waals surface area contributed by atoms with Gasteiger partial charge in [-0.15, -0.1) is 11.3 Å². The topological polar surface area (TPSA) is 48.5 Å². The Hall–Kier alpha value is -1.92. The first-order chi connectivity index (χ1) is 11.1. The molecular formula is C17H22N4OS. The number of amides is 1. The highest BCUT2D eigenvalue weighted by Gasteiger charge is 2.15. The number of hydrogen-bond donors (Lipinski definition) is 1. The van der Waals surface area contributed by atoms with E-state index < -0.39 is 0 Å². The van der Waals surface area contributed by atoms with Crippen LogP contribution in [-0.4, -0.2) is 49.0 Å². The molecule has 0 saturated carbocycles. The van der Waals surface area contributed by atoms with Gasteiger partial charge >= 0.3 is 0 Å². The van der Waals surface area contributed by atoms with E-state index in [1.165, 1.54) is 11.3 Å². The molecule has 6 heteroatoms. The van der Waals surface area contributed by atoms with E-state index in [4.69, 9.17) is 0 Å². The van der Waals surface area contributed by atoms with Crippen LogP contribution >= 0.6 is 11.3 Å². The summed E-state index contributed by atoms with van der Waals surface area (Å²) in [5.41, 5.74) is 1.02. The first kappa shape index (κ1) is 16.0. The van der Waals surface area contributed by atoms with Crippen molar-refractivity contribution in [2.45, 2.75) is 13.5 Å². The second-order valence-electron chi connectivity index (χ2n) is 5.91. The molecule has 0 unspecified atom stereocenters. The van der Waals surface area contributed by atoms with E-state index in [-0.39, 0.29) is 5.91 Å². The van der Waals surface area contributed by atoms with E-state index in [1.807, 2.05) is 37.4 Å². The summed E-state index contributed by atoms with van der Waals surface area (Å²) in [6.45, 7) is 6.67. The number of piperazine rings is 1. The van der Waals surface area contributed by atoms with Crippen LogP contribution in [0.4, 0.5) is 5.82 Å². The van der Waals surface area contributed by atoms with Crippen molar-refractivity contribution in [1.82, 2.24) is 15.2 Å². The van der Waals surface area contributed by atoms with Gasteiger partial charge in [0.1, 0.15) is 5.82 Å². The lowest BCUT2D eigenvalue weighted by molar-refractivity contribution is 0.0955. The van der Waals surface area contributed by atoms with Crippen LogP contribution in [0.2, 0.25) is 0 Å². The second kappa shape index (κ2) is 7.10. The Morgan fingerprint density at radius 1 is 1.22 bits per heavy atom. The SMILES string of the molecule is Cc1ccc(C(=O)NCc2ccc(N3CCN(C)CC3)nc2)s1. The Morgan fingerprint density at radius 3 is 2.61 bits per heavy atom. The van der Waals surface area contributed by atoms with Gasteiger partial charge in [-0.3, -0.25) is 4.79 Å². The Bertz CT molecular complexity index is 659. The number of nitrogens with one attached hydrogen (secondary N) is 1. The van der Waals surface area contributed by atoms with Gasteiger partial charge in [-0.05, 0) is 37.7 Å². The molecule has 0 aliphatic carbocycles. The zero-order chi connectivity index (χ0) is 16.2. The number of carbonyl (C=O) groups excluding carboxylic acids is 1. The van der Waals surface area contributed by atoms with Crippen LogP contribution in [0.1, 0.15) is 20.1 Å². The number of aromatic nitrogens is 1. The Kier molecular flexibility index (Phi) is 4.93. The minimum atomic E-state index is -0.0220. The molecule has 0 aromatic carbocycles. The number of anilines is 1. The van der Waals surface area contributed by atoms with Gasteiger partial charge in [-0.25, -0.2) is 4.98 Å². The van der Waals surface area contributed by atoms with Crippen molar-refractivity contribution >= 4 is 23.1 Å².